The summed E-state index contributed by atoms with van der Waals surface area (Å²) in [5.74, 6) is -0.657. The molecule has 0 fully saturated rings. The highest BCUT2D eigenvalue weighted by Crippen LogP contribution is 2.08. The van der Waals surface area contributed by atoms with Crippen molar-refractivity contribution in [2.75, 3.05) is 11.9 Å². The van der Waals surface area contributed by atoms with E-state index in [0.29, 0.717) is 5.56 Å². The molecule has 0 heterocycles. The van der Waals surface area contributed by atoms with Crippen molar-refractivity contribution in [3.63, 3.8) is 0 Å². The van der Waals surface area contributed by atoms with Crippen molar-refractivity contribution in [3.8, 4) is 12.1 Å². The summed E-state index contributed by atoms with van der Waals surface area (Å²) in [4.78, 5) is 10.4. The summed E-state index contributed by atoms with van der Waals surface area (Å²) < 4.78 is 0. The summed E-state index contributed by atoms with van der Waals surface area (Å²) in [5, 5.41) is 20.0. The van der Waals surface area contributed by atoms with Crippen molar-refractivity contribution >= 4 is 12.0 Å². The predicted molar refractivity (Wildman–Crippen MR) is 55.0 cm³/mol. The number of aldehydes is 1. The molecule has 0 aliphatic carbocycles. The molecular formula is C11H9N3O. The maximum absolute atomic E-state index is 10.4. The standard InChI is InChI=1S/C11H9N3O/c12-5-10(6-13)7-14-11-3-1-9(8-15)2-4-11/h1-4,8,10,14H,7H2. The fourth-order valence-electron chi connectivity index (χ4n) is 1.02. The third-order valence-electron chi connectivity index (χ3n) is 1.87. The molecule has 1 aromatic rings. The summed E-state index contributed by atoms with van der Waals surface area (Å²) in [6, 6.07) is 10.5. The second-order valence-corrected chi connectivity index (χ2v) is 2.93. The van der Waals surface area contributed by atoms with Crippen molar-refractivity contribution < 1.29 is 4.79 Å². The summed E-state index contributed by atoms with van der Waals surface area (Å²) in [5.41, 5.74) is 1.38. The van der Waals surface area contributed by atoms with Gasteiger partial charge < -0.3 is 5.32 Å². The predicted octanol–water partition coefficient (Wildman–Crippen LogP) is 1.57. The normalized spacial score (nSPS) is 9.00. The molecule has 0 spiro atoms. The Hall–Kier alpha value is -2.33. The highest BCUT2D eigenvalue weighted by atomic mass is 16.1. The molecule has 1 aromatic carbocycles. The zero-order valence-electron chi connectivity index (χ0n) is 7.97. The van der Waals surface area contributed by atoms with Crippen LogP contribution in [0.5, 0.6) is 0 Å². The highest BCUT2D eigenvalue weighted by molar-refractivity contribution is 5.75. The lowest BCUT2D eigenvalue weighted by molar-refractivity contribution is 0.112. The highest BCUT2D eigenvalue weighted by Gasteiger charge is 2.03. The lowest BCUT2D eigenvalue weighted by Gasteiger charge is -2.05. The zero-order valence-corrected chi connectivity index (χ0v) is 7.97. The quantitative estimate of drug-likeness (QED) is 0.747. The van der Waals surface area contributed by atoms with Gasteiger partial charge in [-0.3, -0.25) is 4.79 Å². The molecule has 0 amide bonds. The van der Waals surface area contributed by atoms with Crippen molar-refractivity contribution in [3.05, 3.63) is 29.8 Å². The number of benzene rings is 1. The Labute approximate surface area is 87.8 Å². The molecule has 0 saturated carbocycles. The van der Waals surface area contributed by atoms with Gasteiger partial charge in [0.1, 0.15) is 12.2 Å². The zero-order chi connectivity index (χ0) is 11.1. The maximum Gasteiger partial charge on any atom is 0.150 e. The first-order valence-electron chi connectivity index (χ1n) is 4.38. The van der Waals surface area contributed by atoms with E-state index < -0.39 is 5.92 Å². The van der Waals surface area contributed by atoms with Crippen LogP contribution in [0.3, 0.4) is 0 Å². The lowest BCUT2D eigenvalue weighted by Crippen LogP contribution is -2.10. The molecule has 0 aromatic heterocycles. The number of rotatable bonds is 4. The number of carbonyl (C=O) groups excluding carboxylic acids is 1. The van der Waals surface area contributed by atoms with Crippen LogP contribution in [0, 0.1) is 28.6 Å². The minimum absolute atomic E-state index is 0.285. The molecule has 15 heavy (non-hydrogen) atoms. The van der Waals surface area contributed by atoms with Gasteiger partial charge in [-0.2, -0.15) is 10.5 Å². The van der Waals surface area contributed by atoms with E-state index >= 15 is 0 Å². The van der Waals surface area contributed by atoms with Crippen molar-refractivity contribution in [2.45, 2.75) is 0 Å². The SMILES string of the molecule is N#CC(C#N)CNc1ccc(C=O)cc1. The van der Waals surface area contributed by atoms with E-state index in [-0.39, 0.29) is 6.54 Å². The minimum atomic E-state index is -0.657. The van der Waals surface area contributed by atoms with Gasteiger partial charge in [0.25, 0.3) is 0 Å². The van der Waals surface area contributed by atoms with Gasteiger partial charge in [0.15, 0.2) is 0 Å². The number of nitriles is 2. The van der Waals surface area contributed by atoms with Gasteiger partial charge in [-0.25, -0.2) is 0 Å². The van der Waals surface area contributed by atoms with E-state index in [1.807, 2.05) is 12.1 Å². The summed E-state index contributed by atoms with van der Waals surface area (Å²) in [6.07, 6.45) is 0.761. The van der Waals surface area contributed by atoms with Gasteiger partial charge in [-0.05, 0) is 24.3 Å². The van der Waals surface area contributed by atoms with Crippen LogP contribution in [0.4, 0.5) is 5.69 Å². The number of anilines is 1. The van der Waals surface area contributed by atoms with Gasteiger partial charge in [0, 0.05) is 17.8 Å². The molecule has 4 heteroatoms. The molecule has 0 saturated heterocycles. The molecule has 4 nitrogen and oxygen atoms in total. The Morgan fingerprint density at radius 2 is 1.87 bits per heavy atom. The van der Waals surface area contributed by atoms with Crippen LogP contribution < -0.4 is 5.32 Å². The van der Waals surface area contributed by atoms with Crippen LogP contribution >= 0.6 is 0 Å². The van der Waals surface area contributed by atoms with Gasteiger partial charge in [0.2, 0.25) is 0 Å². The van der Waals surface area contributed by atoms with Crippen LogP contribution in [0.1, 0.15) is 10.4 Å². The molecule has 0 radical (unpaired) electrons. The Morgan fingerprint density at radius 1 is 1.27 bits per heavy atom. The largest absolute Gasteiger partial charge is 0.383 e. The van der Waals surface area contributed by atoms with Crippen LogP contribution in [-0.2, 0) is 0 Å². The van der Waals surface area contributed by atoms with E-state index in [1.54, 1.807) is 24.3 Å². The first kappa shape index (κ1) is 10.7. The maximum atomic E-state index is 10.4. The number of hydrogen-bond acceptors (Lipinski definition) is 4. The third-order valence-corrected chi connectivity index (χ3v) is 1.87. The van der Waals surface area contributed by atoms with Crippen molar-refractivity contribution in [2.24, 2.45) is 5.92 Å². The summed E-state index contributed by atoms with van der Waals surface area (Å²) in [6.45, 7) is 0.285. The van der Waals surface area contributed by atoms with E-state index in [1.165, 1.54) is 0 Å². The molecule has 0 aliphatic heterocycles. The van der Waals surface area contributed by atoms with Crippen molar-refractivity contribution in [1.82, 2.24) is 0 Å². The number of nitrogens with zero attached hydrogens (tertiary/aromatic N) is 2. The average Bonchev–Trinajstić information content (AvgIpc) is 2.31. The number of nitrogens with one attached hydrogen (secondary N) is 1. The molecule has 0 bridgehead atoms. The Balaban J connectivity index is 2.56. The fraction of sp³-hybridized carbons (Fsp3) is 0.182. The second-order valence-electron chi connectivity index (χ2n) is 2.93. The van der Waals surface area contributed by atoms with Crippen LogP contribution in [0.2, 0.25) is 0 Å². The van der Waals surface area contributed by atoms with Gasteiger partial charge >= 0.3 is 0 Å². The number of carbonyl (C=O) groups is 1. The van der Waals surface area contributed by atoms with Crippen molar-refractivity contribution in [1.29, 1.82) is 10.5 Å². The molecule has 74 valence electrons. The fourth-order valence-corrected chi connectivity index (χ4v) is 1.02. The first-order chi connectivity index (χ1) is 7.30. The Kier molecular flexibility index (Phi) is 3.88. The smallest absolute Gasteiger partial charge is 0.150 e. The molecule has 1 rings (SSSR count). The molecular weight excluding hydrogens is 190 g/mol. The van der Waals surface area contributed by atoms with Gasteiger partial charge in [0.05, 0.1) is 12.1 Å². The monoisotopic (exact) mass is 199 g/mol. The topological polar surface area (TPSA) is 76.7 Å². The summed E-state index contributed by atoms with van der Waals surface area (Å²) in [7, 11) is 0. The molecule has 0 aliphatic rings. The third kappa shape index (κ3) is 3.13. The van der Waals surface area contributed by atoms with E-state index in [4.69, 9.17) is 10.5 Å². The molecule has 0 unspecified atom stereocenters. The van der Waals surface area contributed by atoms with Crippen LogP contribution in [0.25, 0.3) is 0 Å². The molecule has 0 atom stereocenters. The van der Waals surface area contributed by atoms with Crippen LogP contribution in [-0.4, -0.2) is 12.8 Å². The second kappa shape index (κ2) is 5.41. The van der Waals surface area contributed by atoms with E-state index in [9.17, 15) is 4.79 Å². The number of hydrogen-bond donors (Lipinski definition) is 1. The minimum Gasteiger partial charge on any atom is -0.383 e. The van der Waals surface area contributed by atoms with E-state index in [0.717, 1.165) is 12.0 Å². The Morgan fingerprint density at radius 3 is 2.33 bits per heavy atom. The average molecular weight is 199 g/mol. The first-order valence-corrected chi connectivity index (χ1v) is 4.38. The van der Waals surface area contributed by atoms with Gasteiger partial charge in [-0.15, -0.1) is 0 Å². The molecule has 1 N–H and O–H groups in total. The van der Waals surface area contributed by atoms with E-state index in [2.05, 4.69) is 5.32 Å². The van der Waals surface area contributed by atoms with Gasteiger partial charge in [-0.1, -0.05) is 0 Å². The summed E-state index contributed by atoms with van der Waals surface area (Å²) >= 11 is 0. The van der Waals surface area contributed by atoms with Crippen LogP contribution in [0.15, 0.2) is 24.3 Å². The lowest BCUT2D eigenvalue weighted by atomic mass is 10.2. The Bertz CT molecular complexity index is 397.